The van der Waals surface area contributed by atoms with Gasteiger partial charge in [-0.25, -0.2) is 8.42 Å². The molecule has 1 aliphatic carbocycles. The van der Waals surface area contributed by atoms with Crippen molar-refractivity contribution in [3.05, 3.63) is 15.9 Å². The second kappa shape index (κ2) is 4.29. The Kier molecular flexibility index (Phi) is 3.00. The van der Waals surface area contributed by atoms with Crippen molar-refractivity contribution in [2.24, 2.45) is 0 Å². The van der Waals surface area contributed by atoms with Crippen LogP contribution in [-0.4, -0.2) is 23.2 Å². The molecule has 0 amide bonds. The van der Waals surface area contributed by atoms with E-state index in [0.29, 0.717) is 5.82 Å². The van der Waals surface area contributed by atoms with Gasteiger partial charge in [-0.3, -0.25) is 4.57 Å². The van der Waals surface area contributed by atoms with Gasteiger partial charge >= 0.3 is 0 Å². The van der Waals surface area contributed by atoms with Gasteiger partial charge < -0.3 is 0 Å². The Bertz CT molecular complexity index is 705. The maximum absolute atomic E-state index is 11.5. The lowest BCUT2D eigenvalue weighted by Crippen LogP contribution is -2.05. The first-order valence-electron chi connectivity index (χ1n) is 5.11. The highest BCUT2D eigenvalue weighted by molar-refractivity contribution is 9.10. The summed E-state index contributed by atoms with van der Waals surface area (Å²) >= 11 is 4.89. The summed E-state index contributed by atoms with van der Waals surface area (Å²) in [6, 6.07) is 2.02. The van der Waals surface area contributed by atoms with Crippen LogP contribution in [0.5, 0.6) is 0 Å². The van der Waals surface area contributed by atoms with E-state index >= 15 is 0 Å². The third-order valence-electron chi connectivity index (χ3n) is 2.61. The van der Waals surface area contributed by atoms with E-state index in [4.69, 9.17) is 10.7 Å². The van der Waals surface area contributed by atoms with Crippen molar-refractivity contribution in [1.29, 1.82) is 0 Å². The summed E-state index contributed by atoms with van der Waals surface area (Å²) in [6.45, 7) is 0. The maximum atomic E-state index is 11.5. The van der Waals surface area contributed by atoms with Crippen LogP contribution in [0.2, 0.25) is 0 Å². The number of aromatic nitrogens is 3. The highest BCUT2D eigenvalue weighted by Gasteiger charge is 2.34. The third kappa shape index (κ3) is 2.11. The molecule has 9 heteroatoms. The van der Waals surface area contributed by atoms with E-state index in [1.165, 1.54) is 11.3 Å². The van der Waals surface area contributed by atoms with E-state index in [9.17, 15) is 8.42 Å². The van der Waals surface area contributed by atoms with Crippen molar-refractivity contribution < 1.29 is 8.42 Å². The van der Waals surface area contributed by atoms with Crippen molar-refractivity contribution in [3.8, 4) is 10.7 Å². The summed E-state index contributed by atoms with van der Waals surface area (Å²) in [4.78, 5) is 0.862. The Labute approximate surface area is 120 Å². The van der Waals surface area contributed by atoms with E-state index in [-0.39, 0.29) is 11.2 Å². The minimum atomic E-state index is -3.87. The summed E-state index contributed by atoms with van der Waals surface area (Å²) in [6.07, 6.45) is 1.85. The molecule has 0 N–H and O–H groups in total. The average molecular weight is 369 g/mol. The normalized spacial score (nSPS) is 16.1. The van der Waals surface area contributed by atoms with Gasteiger partial charge in [0.15, 0.2) is 5.82 Å². The quantitative estimate of drug-likeness (QED) is 0.781. The largest absolute Gasteiger partial charge is 0.296 e. The number of rotatable bonds is 3. The SMILES string of the molecule is O=S(=O)(Cl)c1nnc(-c2sccc2Br)n1C1CC1. The van der Waals surface area contributed by atoms with Crippen molar-refractivity contribution in [2.45, 2.75) is 24.0 Å². The highest BCUT2D eigenvalue weighted by Crippen LogP contribution is 2.42. The van der Waals surface area contributed by atoms with Crippen LogP contribution in [0.25, 0.3) is 10.7 Å². The van der Waals surface area contributed by atoms with Gasteiger partial charge in [-0.15, -0.1) is 21.5 Å². The topological polar surface area (TPSA) is 64.8 Å². The van der Waals surface area contributed by atoms with E-state index in [1.807, 2.05) is 11.4 Å². The predicted molar refractivity (Wildman–Crippen MR) is 72.3 cm³/mol. The minimum absolute atomic E-state index is 0.132. The smallest absolute Gasteiger partial charge is 0.293 e. The molecule has 0 bridgehead atoms. The van der Waals surface area contributed by atoms with Crippen molar-refractivity contribution in [3.63, 3.8) is 0 Å². The number of hydrogen-bond donors (Lipinski definition) is 0. The number of halogens is 2. The predicted octanol–water partition coefficient (Wildman–Crippen LogP) is 3.03. The van der Waals surface area contributed by atoms with Crippen molar-refractivity contribution in [1.82, 2.24) is 14.8 Å². The fourth-order valence-electron chi connectivity index (χ4n) is 1.71. The van der Waals surface area contributed by atoms with Gasteiger partial charge in [0.2, 0.25) is 0 Å². The Hall–Kier alpha value is -0.440. The summed E-state index contributed by atoms with van der Waals surface area (Å²) in [5.74, 6) is 0.554. The van der Waals surface area contributed by atoms with Crippen molar-refractivity contribution >= 4 is 47.0 Å². The molecule has 1 saturated carbocycles. The Balaban J connectivity index is 2.23. The molecule has 0 saturated heterocycles. The molecule has 0 radical (unpaired) electrons. The molecule has 96 valence electrons. The van der Waals surface area contributed by atoms with E-state index in [2.05, 4.69) is 26.1 Å². The fourth-order valence-corrected chi connectivity index (χ4v) is 4.17. The molecule has 2 heterocycles. The average Bonchev–Trinajstić information content (AvgIpc) is 2.86. The van der Waals surface area contributed by atoms with Crippen LogP contribution < -0.4 is 0 Å². The number of thiophene rings is 1. The molecule has 0 atom stereocenters. The van der Waals surface area contributed by atoms with Crippen LogP contribution in [0.4, 0.5) is 0 Å². The molecule has 1 fully saturated rings. The molecular formula is C9H7BrClN3O2S2. The first-order valence-corrected chi connectivity index (χ1v) is 9.09. The molecule has 0 aliphatic heterocycles. The zero-order valence-corrected chi connectivity index (χ0v) is 12.9. The van der Waals surface area contributed by atoms with Crippen LogP contribution in [0, 0.1) is 0 Å². The second-order valence-corrected chi connectivity index (χ2v) is 8.17. The molecule has 1 aliphatic rings. The van der Waals surface area contributed by atoms with E-state index in [1.54, 1.807) is 4.57 Å². The van der Waals surface area contributed by atoms with E-state index in [0.717, 1.165) is 22.2 Å². The number of nitrogens with zero attached hydrogens (tertiary/aromatic N) is 3. The van der Waals surface area contributed by atoms with Crippen LogP contribution in [0.15, 0.2) is 21.1 Å². The summed E-state index contributed by atoms with van der Waals surface area (Å²) < 4.78 is 25.5. The van der Waals surface area contributed by atoms with Gasteiger partial charge in [0.1, 0.15) is 0 Å². The van der Waals surface area contributed by atoms with Gasteiger partial charge in [-0.05, 0) is 40.2 Å². The molecule has 18 heavy (non-hydrogen) atoms. The highest BCUT2D eigenvalue weighted by atomic mass is 79.9. The first-order chi connectivity index (χ1) is 8.48. The van der Waals surface area contributed by atoms with Crippen LogP contribution in [0.1, 0.15) is 18.9 Å². The van der Waals surface area contributed by atoms with Gasteiger partial charge in [0.05, 0.1) is 4.88 Å². The molecule has 0 unspecified atom stereocenters. The zero-order valence-electron chi connectivity index (χ0n) is 8.88. The van der Waals surface area contributed by atoms with Crippen LogP contribution in [-0.2, 0) is 9.05 Å². The van der Waals surface area contributed by atoms with Gasteiger partial charge in [0, 0.05) is 21.2 Å². The lowest BCUT2D eigenvalue weighted by Gasteiger charge is -2.05. The molecule has 0 aromatic carbocycles. The molecular weight excluding hydrogens is 362 g/mol. The molecule has 5 nitrogen and oxygen atoms in total. The standard InChI is InChI=1S/C9H7BrClN3O2S2/c10-6-3-4-17-7(6)8-12-13-9(18(11,15)16)14(8)5-1-2-5/h3-5H,1-2H2. The zero-order chi connectivity index (χ0) is 12.9. The summed E-state index contributed by atoms with van der Waals surface area (Å²) in [7, 11) is 1.52. The monoisotopic (exact) mass is 367 g/mol. The maximum Gasteiger partial charge on any atom is 0.296 e. The molecule has 2 aromatic rings. The Morgan fingerprint density at radius 2 is 2.17 bits per heavy atom. The summed E-state index contributed by atoms with van der Waals surface area (Å²) in [5.41, 5.74) is 0. The van der Waals surface area contributed by atoms with Crippen LogP contribution >= 0.6 is 37.9 Å². The molecule has 2 aromatic heterocycles. The molecule has 0 spiro atoms. The minimum Gasteiger partial charge on any atom is -0.293 e. The van der Waals surface area contributed by atoms with Gasteiger partial charge in [-0.1, -0.05) is 0 Å². The second-order valence-electron chi connectivity index (χ2n) is 3.94. The van der Waals surface area contributed by atoms with Crippen molar-refractivity contribution in [2.75, 3.05) is 0 Å². The fraction of sp³-hybridized carbons (Fsp3) is 0.333. The lowest BCUT2D eigenvalue weighted by molar-refractivity contribution is 0.579. The number of hydrogen-bond acceptors (Lipinski definition) is 5. The lowest BCUT2D eigenvalue weighted by atomic mass is 10.4. The summed E-state index contributed by atoms with van der Waals surface area (Å²) in [5, 5.41) is 9.44. The first kappa shape index (κ1) is 12.6. The van der Waals surface area contributed by atoms with Gasteiger partial charge in [0.25, 0.3) is 14.2 Å². The Morgan fingerprint density at radius 3 is 2.67 bits per heavy atom. The Morgan fingerprint density at radius 1 is 1.44 bits per heavy atom. The third-order valence-corrected chi connectivity index (χ3v) is 5.58. The van der Waals surface area contributed by atoms with Gasteiger partial charge in [-0.2, -0.15) is 0 Å². The van der Waals surface area contributed by atoms with Crippen LogP contribution in [0.3, 0.4) is 0 Å². The van der Waals surface area contributed by atoms with E-state index < -0.39 is 9.05 Å². The molecule has 3 rings (SSSR count).